The minimum Gasteiger partial charge on any atom is -0.316 e. The molecule has 1 unspecified atom stereocenters. The molecule has 1 aromatic rings. The third kappa shape index (κ3) is 4.36. The summed E-state index contributed by atoms with van der Waals surface area (Å²) in [5.74, 6) is 2.30. The molecule has 0 radical (unpaired) electrons. The maximum Gasteiger partial charge on any atom is 0.0441 e. The van der Waals surface area contributed by atoms with Crippen molar-refractivity contribution in [1.82, 2.24) is 5.32 Å². The Morgan fingerprint density at radius 3 is 2.75 bits per heavy atom. The van der Waals surface area contributed by atoms with Crippen molar-refractivity contribution in [3.05, 3.63) is 34.3 Å². The van der Waals surface area contributed by atoms with Crippen molar-refractivity contribution in [3.63, 3.8) is 0 Å². The lowest BCUT2D eigenvalue weighted by atomic mass is 10.1. The van der Waals surface area contributed by atoms with Crippen molar-refractivity contribution < 1.29 is 0 Å². The monoisotopic (exact) mass is 257 g/mol. The molecule has 3 heteroatoms. The second-order valence-electron chi connectivity index (χ2n) is 3.94. The highest BCUT2D eigenvalue weighted by molar-refractivity contribution is 7.99. The number of hydrogen-bond acceptors (Lipinski definition) is 2. The molecular formula is C13H20ClNS. The van der Waals surface area contributed by atoms with E-state index >= 15 is 0 Å². The number of thioether (sulfide) groups is 1. The van der Waals surface area contributed by atoms with Crippen LogP contribution in [0.25, 0.3) is 0 Å². The average Bonchev–Trinajstić information content (AvgIpc) is 2.27. The van der Waals surface area contributed by atoms with Crippen LogP contribution in [-0.4, -0.2) is 24.6 Å². The molecular weight excluding hydrogens is 238 g/mol. The largest absolute Gasteiger partial charge is 0.316 e. The molecule has 1 rings (SSSR count). The fraction of sp³-hybridized carbons (Fsp3) is 0.538. The maximum absolute atomic E-state index is 6.23. The quantitative estimate of drug-likeness (QED) is 0.837. The van der Waals surface area contributed by atoms with Gasteiger partial charge in [-0.2, -0.15) is 11.8 Å². The summed E-state index contributed by atoms with van der Waals surface area (Å²) in [7, 11) is 2.02. The number of likely N-dealkylation sites (N-methyl/N-ethyl adjacent to an activating group) is 1. The van der Waals surface area contributed by atoms with E-state index in [0.29, 0.717) is 6.04 Å². The van der Waals surface area contributed by atoms with Gasteiger partial charge in [0.1, 0.15) is 0 Å². The lowest BCUT2D eigenvalue weighted by molar-refractivity contribution is 0.617. The highest BCUT2D eigenvalue weighted by Gasteiger charge is 2.09. The van der Waals surface area contributed by atoms with Gasteiger partial charge in [-0.15, -0.1) is 0 Å². The molecule has 0 aliphatic carbocycles. The Hall–Kier alpha value is -0.180. The average molecular weight is 258 g/mol. The fourth-order valence-corrected chi connectivity index (χ4v) is 2.70. The number of benzene rings is 1. The van der Waals surface area contributed by atoms with Crippen LogP contribution in [0.4, 0.5) is 0 Å². The summed E-state index contributed by atoms with van der Waals surface area (Å²) >= 11 is 8.19. The van der Waals surface area contributed by atoms with E-state index < -0.39 is 0 Å². The maximum atomic E-state index is 6.23. The molecule has 1 aromatic carbocycles. The highest BCUT2D eigenvalue weighted by atomic mass is 35.5. The zero-order chi connectivity index (χ0) is 12.0. The minimum atomic E-state index is 0.505. The highest BCUT2D eigenvalue weighted by Crippen LogP contribution is 2.20. The van der Waals surface area contributed by atoms with E-state index in [2.05, 4.69) is 31.3 Å². The Bertz CT molecular complexity index is 328. The van der Waals surface area contributed by atoms with Crippen LogP contribution in [0.5, 0.6) is 0 Å². The molecule has 0 spiro atoms. The molecule has 0 aromatic heterocycles. The number of nitrogens with one attached hydrogen (secondary N) is 1. The van der Waals surface area contributed by atoms with Crippen LogP contribution in [0.15, 0.2) is 18.2 Å². The van der Waals surface area contributed by atoms with E-state index in [-0.39, 0.29) is 0 Å². The first-order chi connectivity index (χ1) is 7.67. The van der Waals surface area contributed by atoms with Gasteiger partial charge >= 0.3 is 0 Å². The molecule has 0 aliphatic rings. The van der Waals surface area contributed by atoms with Gasteiger partial charge in [0.2, 0.25) is 0 Å². The predicted molar refractivity (Wildman–Crippen MR) is 75.7 cm³/mol. The second-order valence-corrected chi connectivity index (χ2v) is 5.67. The number of halogens is 1. The van der Waals surface area contributed by atoms with Gasteiger partial charge in [-0.05, 0) is 43.3 Å². The van der Waals surface area contributed by atoms with Gasteiger partial charge < -0.3 is 5.32 Å². The molecule has 0 amide bonds. The first kappa shape index (κ1) is 13.9. The second kappa shape index (κ2) is 7.21. The summed E-state index contributed by atoms with van der Waals surface area (Å²) in [4.78, 5) is 0. The van der Waals surface area contributed by atoms with Crippen LogP contribution in [-0.2, 0) is 6.42 Å². The van der Waals surface area contributed by atoms with Crippen LogP contribution in [0.1, 0.15) is 18.1 Å². The van der Waals surface area contributed by atoms with Crippen molar-refractivity contribution >= 4 is 23.4 Å². The minimum absolute atomic E-state index is 0.505. The molecule has 90 valence electrons. The summed E-state index contributed by atoms with van der Waals surface area (Å²) in [6.07, 6.45) is 1.00. The van der Waals surface area contributed by atoms with Crippen molar-refractivity contribution in [2.45, 2.75) is 26.3 Å². The van der Waals surface area contributed by atoms with Crippen LogP contribution < -0.4 is 5.32 Å². The molecule has 0 fully saturated rings. The number of rotatable bonds is 6. The molecule has 0 bridgehead atoms. The Balaban J connectivity index is 2.62. The molecule has 1 N–H and O–H groups in total. The van der Waals surface area contributed by atoms with E-state index in [0.717, 1.165) is 17.2 Å². The van der Waals surface area contributed by atoms with Crippen molar-refractivity contribution in [1.29, 1.82) is 0 Å². The van der Waals surface area contributed by atoms with Gasteiger partial charge in [-0.25, -0.2) is 0 Å². The Labute approximate surface area is 108 Å². The molecule has 1 nitrogen and oxygen atoms in total. The summed E-state index contributed by atoms with van der Waals surface area (Å²) in [5, 5.41) is 4.24. The van der Waals surface area contributed by atoms with Gasteiger partial charge in [0, 0.05) is 16.8 Å². The summed E-state index contributed by atoms with van der Waals surface area (Å²) < 4.78 is 0. The zero-order valence-electron chi connectivity index (χ0n) is 10.2. The van der Waals surface area contributed by atoms with Gasteiger partial charge in [0.25, 0.3) is 0 Å². The van der Waals surface area contributed by atoms with E-state index in [9.17, 15) is 0 Å². The fourth-order valence-electron chi connectivity index (χ4n) is 1.59. The molecule has 1 atom stereocenters. The topological polar surface area (TPSA) is 12.0 Å². The van der Waals surface area contributed by atoms with Crippen LogP contribution in [0.3, 0.4) is 0 Å². The van der Waals surface area contributed by atoms with Crippen molar-refractivity contribution in [2.75, 3.05) is 18.6 Å². The van der Waals surface area contributed by atoms with E-state index in [1.807, 2.05) is 24.9 Å². The van der Waals surface area contributed by atoms with Crippen LogP contribution in [0, 0.1) is 6.92 Å². The van der Waals surface area contributed by atoms with Crippen LogP contribution >= 0.6 is 23.4 Å². The molecule has 0 saturated heterocycles. The smallest absolute Gasteiger partial charge is 0.0441 e. The number of aryl methyl sites for hydroxylation is 1. The van der Waals surface area contributed by atoms with Gasteiger partial charge in [-0.3, -0.25) is 0 Å². The van der Waals surface area contributed by atoms with Crippen molar-refractivity contribution in [2.24, 2.45) is 0 Å². The first-order valence-electron chi connectivity index (χ1n) is 5.67. The molecule has 0 saturated carbocycles. The summed E-state index contributed by atoms with van der Waals surface area (Å²) in [6.45, 7) is 4.26. The van der Waals surface area contributed by atoms with E-state index in [1.54, 1.807) is 0 Å². The van der Waals surface area contributed by atoms with Gasteiger partial charge in [-0.1, -0.05) is 30.7 Å². The lowest BCUT2D eigenvalue weighted by Gasteiger charge is -2.16. The van der Waals surface area contributed by atoms with E-state index in [1.165, 1.54) is 16.9 Å². The third-order valence-electron chi connectivity index (χ3n) is 2.61. The van der Waals surface area contributed by atoms with Crippen molar-refractivity contribution in [3.8, 4) is 0 Å². The third-order valence-corrected chi connectivity index (χ3v) is 4.00. The standard InChI is InChI=1S/C13H20ClNS/c1-4-16-9-12(15-3)8-11-6-5-10(2)7-13(11)14/h5-7,12,15H,4,8-9H2,1-3H3. The normalized spacial score (nSPS) is 12.8. The molecule has 0 heterocycles. The molecule has 0 aliphatic heterocycles. The van der Waals surface area contributed by atoms with E-state index in [4.69, 9.17) is 11.6 Å². The summed E-state index contributed by atoms with van der Waals surface area (Å²) in [6, 6.07) is 6.81. The Morgan fingerprint density at radius 2 is 2.19 bits per heavy atom. The number of hydrogen-bond donors (Lipinski definition) is 1. The Morgan fingerprint density at radius 1 is 1.44 bits per heavy atom. The van der Waals surface area contributed by atoms with Crippen LogP contribution in [0.2, 0.25) is 5.02 Å². The Kier molecular flexibility index (Phi) is 6.25. The first-order valence-corrected chi connectivity index (χ1v) is 7.20. The van der Waals surface area contributed by atoms with Gasteiger partial charge in [0.15, 0.2) is 0 Å². The molecule has 16 heavy (non-hydrogen) atoms. The predicted octanol–water partition coefficient (Wildman–Crippen LogP) is 3.53. The summed E-state index contributed by atoms with van der Waals surface area (Å²) in [5.41, 5.74) is 2.46. The zero-order valence-corrected chi connectivity index (χ0v) is 11.8. The lowest BCUT2D eigenvalue weighted by Crippen LogP contribution is -2.30. The SMILES string of the molecule is CCSCC(Cc1ccc(C)cc1Cl)NC. The van der Waals surface area contributed by atoms with Gasteiger partial charge in [0.05, 0.1) is 0 Å².